The number of likely N-dealkylation sites (tertiary alicyclic amines) is 1. The molecule has 4 nitrogen and oxygen atoms in total. The van der Waals surface area contributed by atoms with Crippen LogP contribution in [0.2, 0.25) is 0 Å². The Labute approximate surface area is 141 Å². The van der Waals surface area contributed by atoms with Crippen molar-refractivity contribution in [2.45, 2.75) is 71.1 Å². The number of rotatable bonds is 13. The molecule has 1 fully saturated rings. The monoisotopic (exact) mass is 322 g/mol. The number of likely N-dealkylation sites (N-methyl/N-ethyl adjacent to an activating group) is 1. The third-order valence-electron chi connectivity index (χ3n) is 4.46. The van der Waals surface area contributed by atoms with Crippen LogP contribution in [0.1, 0.15) is 71.1 Å². The van der Waals surface area contributed by atoms with Gasteiger partial charge >= 0.3 is 0 Å². The molecule has 2 amide bonds. The quantitative estimate of drug-likeness (QED) is 0.320. The molecule has 0 spiro atoms. The number of unbranched alkanes of at least 4 members (excludes halogenated alkanes) is 8. The van der Waals surface area contributed by atoms with Gasteiger partial charge in [-0.15, -0.1) is 0 Å². The largest absolute Gasteiger partial charge is 0.318 e. The third kappa shape index (κ3) is 7.78. The Hall–Kier alpha value is -1.16. The Balaban J connectivity index is 2.11. The first-order valence-corrected chi connectivity index (χ1v) is 9.36. The lowest BCUT2D eigenvalue weighted by Crippen LogP contribution is -2.35. The number of amides is 2. The molecule has 0 aromatic heterocycles. The molecule has 1 heterocycles. The van der Waals surface area contributed by atoms with E-state index in [2.05, 4.69) is 18.3 Å². The maximum Gasteiger partial charge on any atom is 0.236 e. The summed E-state index contributed by atoms with van der Waals surface area (Å²) in [5.74, 6) is -0.294. The molecular weight excluding hydrogens is 288 g/mol. The molecule has 1 aliphatic rings. The minimum Gasteiger partial charge on any atom is -0.318 e. The molecule has 1 aliphatic heterocycles. The first-order valence-electron chi connectivity index (χ1n) is 9.36. The van der Waals surface area contributed by atoms with Crippen molar-refractivity contribution >= 4 is 11.8 Å². The fourth-order valence-electron chi connectivity index (χ4n) is 2.97. The summed E-state index contributed by atoms with van der Waals surface area (Å²) in [7, 11) is 1.83. The number of hydrogen-bond acceptors (Lipinski definition) is 3. The van der Waals surface area contributed by atoms with Gasteiger partial charge in [0.1, 0.15) is 0 Å². The lowest BCUT2D eigenvalue weighted by atomic mass is 10.0. The first kappa shape index (κ1) is 19.9. The van der Waals surface area contributed by atoms with Crippen LogP contribution in [-0.4, -0.2) is 36.9 Å². The second kappa shape index (κ2) is 12.3. The number of allylic oxidation sites excluding steroid dienone is 1. The Morgan fingerprint density at radius 1 is 1.09 bits per heavy atom. The number of hydrogen-bond donors (Lipinski definition) is 1. The van der Waals surface area contributed by atoms with Crippen LogP contribution in [0, 0.1) is 5.92 Å². The number of carbonyl (C=O) groups excluding carboxylic acids is 2. The zero-order valence-electron chi connectivity index (χ0n) is 15.0. The van der Waals surface area contributed by atoms with E-state index in [-0.39, 0.29) is 17.7 Å². The van der Waals surface area contributed by atoms with Crippen LogP contribution in [-0.2, 0) is 9.59 Å². The molecule has 0 radical (unpaired) electrons. The number of nitrogens with zero attached hydrogens (tertiary/aromatic N) is 1. The highest BCUT2D eigenvalue weighted by molar-refractivity contribution is 6.04. The van der Waals surface area contributed by atoms with Gasteiger partial charge in [0, 0.05) is 19.5 Å². The number of carbonyl (C=O) groups is 2. The predicted octanol–water partition coefficient (Wildman–Crippen LogP) is 3.67. The topological polar surface area (TPSA) is 49.4 Å². The molecule has 0 aromatic rings. The molecule has 23 heavy (non-hydrogen) atoms. The number of imide groups is 1. The molecule has 1 rings (SSSR count). The fourth-order valence-corrected chi connectivity index (χ4v) is 2.97. The van der Waals surface area contributed by atoms with Gasteiger partial charge in [0.05, 0.1) is 5.92 Å². The van der Waals surface area contributed by atoms with Crippen LogP contribution in [0.4, 0.5) is 0 Å². The van der Waals surface area contributed by atoms with Crippen LogP contribution < -0.4 is 5.32 Å². The normalized spacial score (nSPS) is 18.5. The van der Waals surface area contributed by atoms with Crippen LogP contribution in [0.3, 0.4) is 0 Å². The average Bonchev–Trinajstić information content (AvgIpc) is 2.81. The fraction of sp³-hybridized carbons (Fsp3) is 0.789. The van der Waals surface area contributed by atoms with Crippen molar-refractivity contribution in [3.05, 3.63) is 12.2 Å². The van der Waals surface area contributed by atoms with Crippen molar-refractivity contribution in [1.29, 1.82) is 0 Å². The van der Waals surface area contributed by atoms with Gasteiger partial charge in [-0.25, -0.2) is 0 Å². The van der Waals surface area contributed by atoms with E-state index in [0.717, 1.165) is 6.42 Å². The van der Waals surface area contributed by atoms with E-state index < -0.39 is 0 Å². The molecule has 132 valence electrons. The summed E-state index contributed by atoms with van der Waals surface area (Å²) < 4.78 is 0. The van der Waals surface area contributed by atoms with Gasteiger partial charge in [-0.1, -0.05) is 64.0 Å². The van der Waals surface area contributed by atoms with Crippen molar-refractivity contribution in [1.82, 2.24) is 10.2 Å². The molecule has 1 atom stereocenters. The van der Waals surface area contributed by atoms with Crippen LogP contribution >= 0.6 is 0 Å². The maximum atomic E-state index is 12.1. The van der Waals surface area contributed by atoms with Gasteiger partial charge in [0.25, 0.3) is 0 Å². The maximum absolute atomic E-state index is 12.1. The smallest absolute Gasteiger partial charge is 0.236 e. The molecule has 0 aliphatic carbocycles. The average molecular weight is 322 g/mol. The van der Waals surface area contributed by atoms with E-state index in [0.29, 0.717) is 19.5 Å². The SMILES string of the molecule is CCCCCCCCCC/C=C/C1CC(=O)N(CCNC)C1=O. The van der Waals surface area contributed by atoms with Gasteiger partial charge in [-0.3, -0.25) is 14.5 Å². The second-order valence-electron chi connectivity index (χ2n) is 6.49. The third-order valence-corrected chi connectivity index (χ3v) is 4.46. The van der Waals surface area contributed by atoms with Crippen molar-refractivity contribution in [3.8, 4) is 0 Å². The summed E-state index contributed by atoms with van der Waals surface area (Å²) in [5.41, 5.74) is 0. The lowest BCUT2D eigenvalue weighted by Gasteiger charge is -2.13. The van der Waals surface area contributed by atoms with Crippen LogP contribution in [0.5, 0.6) is 0 Å². The van der Waals surface area contributed by atoms with E-state index in [1.54, 1.807) is 0 Å². The summed E-state index contributed by atoms with van der Waals surface area (Å²) in [6.07, 6.45) is 15.9. The molecular formula is C19H34N2O2. The van der Waals surface area contributed by atoms with Crippen molar-refractivity contribution in [2.75, 3.05) is 20.1 Å². The summed E-state index contributed by atoms with van der Waals surface area (Å²) in [6, 6.07) is 0. The van der Waals surface area contributed by atoms with Gasteiger partial charge in [0.15, 0.2) is 0 Å². The first-order chi connectivity index (χ1) is 11.2. The molecule has 1 N–H and O–H groups in total. The molecule has 0 bridgehead atoms. The van der Waals surface area contributed by atoms with Crippen molar-refractivity contribution in [2.24, 2.45) is 5.92 Å². The van der Waals surface area contributed by atoms with Gasteiger partial charge < -0.3 is 5.32 Å². The Morgan fingerprint density at radius 3 is 2.39 bits per heavy atom. The highest BCUT2D eigenvalue weighted by atomic mass is 16.2. The standard InChI is InChI=1S/C19H34N2O2/c1-3-4-5-6-7-8-9-10-11-12-13-17-16-18(22)21(19(17)23)15-14-20-2/h12-13,17,20H,3-11,14-16H2,1-2H3/b13-12+. The van der Waals surface area contributed by atoms with Gasteiger partial charge in [-0.05, 0) is 19.9 Å². The summed E-state index contributed by atoms with van der Waals surface area (Å²) in [5, 5.41) is 2.97. The summed E-state index contributed by atoms with van der Waals surface area (Å²) >= 11 is 0. The number of nitrogens with one attached hydrogen (secondary N) is 1. The van der Waals surface area contributed by atoms with E-state index in [9.17, 15) is 9.59 Å². The molecule has 0 aromatic carbocycles. The zero-order valence-corrected chi connectivity index (χ0v) is 15.0. The Morgan fingerprint density at radius 2 is 1.74 bits per heavy atom. The van der Waals surface area contributed by atoms with Crippen LogP contribution in [0.15, 0.2) is 12.2 Å². The van der Waals surface area contributed by atoms with Crippen molar-refractivity contribution < 1.29 is 9.59 Å². The molecule has 1 unspecified atom stereocenters. The highest BCUT2D eigenvalue weighted by Gasteiger charge is 2.36. The second-order valence-corrected chi connectivity index (χ2v) is 6.49. The zero-order chi connectivity index (χ0) is 16.9. The Bertz CT molecular complexity index is 380. The minimum absolute atomic E-state index is 0.0302. The predicted molar refractivity (Wildman–Crippen MR) is 95.1 cm³/mol. The van der Waals surface area contributed by atoms with E-state index in [4.69, 9.17) is 0 Å². The molecule has 4 heteroatoms. The van der Waals surface area contributed by atoms with Crippen molar-refractivity contribution in [3.63, 3.8) is 0 Å². The van der Waals surface area contributed by atoms with E-state index in [1.165, 1.54) is 56.3 Å². The Kier molecular flexibility index (Phi) is 10.6. The summed E-state index contributed by atoms with van der Waals surface area (Å²) in [6.45, 7) is 3.39. The van der Waals surface area contributed by atoms with Gasteiger partial charge in [-0.2, -0.15) is 0 Å². The van der Waals surface area contributed by atoms with E-state index in [1.807, 2.05) is 13.1 Å². The van der Waals surface area contributed by atoms with Gasteiger partial charge in [0.2, 0.25) is 11.8 Å². The molecule has 1 saturated heterocycles. The lowest BCUT2D eigenvalue weighted by molar-refractivity contribution is -0.138. The van der Waals surface area contributed by atoms with E-state index >= 15 is 0 Å². The summed E-state index contributed by atoms with van der Waals surface area (Å²) in [4.78, 5) is 25.4. The highest BCUT2D eigenvalue weighted by Crippen LogP contribution is 2.21. The molecule has 0 saturated carbocycles. The van der Waals surface area contributed by atoms with Crippen LogP contribution in [0.25, 0.3) is 0 Å². The minimum atomic E-state index is -0.228.